The highest BCUT2D eigenvalue weighted by molar-refractivity contribution is 5.80. The molecule has 5 rings (SSSR count). The second-order valence-corrected chi connectivity index (χ2v) is 5.94. The maximum atomic E-state index is 12.5. The smallest absolute Gasteiger partial charge is 0.437 e. The average molecular weight is 364 g/mol. The zero-order valence-electron chi connectivity index (χ0n) is 14.1. The van der Waals surface area contributed by atoms with Gasteiger partial charge in [0.2, 0.25) is 5.78 Å². The molecule has 0 radical (unpaired) electrons. The van der Waals surface area contributed by atoms with Gasteiger partial charge >= 0.3 is 5.76 Å². The summed E-state index contributed by atoms with van der Waals surface area (Å²) < 4.78 is 14.6. The highest BCUT2D eigenvalue weighted by Gasteiger charge is 2.18. The van der Waals surface area contributed by atoms with E-state index in [1.54, 1.807) is 41.8 Å². The van der Waals surface area contributed by atoms with Crippen molar-refractivity contribution in [1.29, 1.82) is 0 Å². The van der Waals surface area contributed by atoms with Gasteiger partial charge in [-0.2, -0.15) is 4.68 Å². The van der Waals surface area contributed by atoms with Crippen molar-refractivity contribution in [2.45, 2.75) is 6.54 Å². The molecule has 4 aromatic heterocycles. The average Bonchev–Trinajstić information content (AvgIpc) is 3.41. The molecule has 134 valence electrons. The number of aromatic nitrogens is 6. The van der Waals surface area contributed by atoms with Crippen LogP contribution in [0.25, 0.3) is 28.3 Å². The van der Waals surface area contributed by atoms with E-state index < -0.39 is 5.76 Å². The number of furan rings is 1. The topological polar surface area (TPSA) is 113 Å². The fraction of sp³-hybridized carbons (Fsp3) is 0.118. The van der Waals surface area contributed by atoms with Crippen LogP contribution in [0.3, 0.4) is 0 Å². The van der Waals surface area contributed by atoms with Crippen LogP contribution in [0.4, 0.5) is 0 Å². The number of aryl methyl sites for hydroxylation is 1. The van der Waals surface area contributed by atoms with Crippen molar-refractivity contribution in [3.05, 3.63) is 69.4 Å². The Labute approximate surface area is 149 Å². The van der Waals surface area contributed by atoms with Crippen LogP contribution in [0.15, 0.2) is 61.1 Å². The second kappa shape index (κ2) is 5.53. The quantitative estimate of drug-likeness (QED) is 0.470. The summed E-state index contributed by atoms with van der Waals surface area (Å²) in [4.78, 5) is 24.6. The van der Waals surface area contributed by atoms with Crippen molar-refractivity contribution in [3.63, 3.8) is 0 Å². The van der Waals surface area contributed by atoms with Gasteiger partial charge in [-0.3, -0.25) is 13.8 Å². The summed E-state index contributed by atoms with van der Waals surface area (Å²) in [7, 11) is 1.62. The first-order valence-electron chi connectivity index (χ1n) is 8.07. The van der Waals surface area contributed by atoms with Crippen LogP contribution >= 0.6 is 0 Å². The number of rotatable bonds is 3. The van der Waals surface area contributed by atoms with Crippen molar-refractivity contribution in [3.8, 4) is 11.7 Å². The second-order valence-electron chi connectivity index (χ2n) is 5.94. The molecule has 1 aromatic carbocycles. The summed E-state index contributed by atoms with van der Waals surface area (Å²) >= 11 is 0. The molecule has 0 bridgehead atoms. The number of hydrogen-bond acceptors (Lipinski definition) is 7. The van der Waals surface area contributed by atoms with Crippen molar-refractivity contribution in [2.75, 3.05) is 0 Å². The molecule has 0 unspecified atom stereocenters. The Hall–Kier alpha value is -3.95. The molecule has 4 heterocycles. The number of hydrogen-bond donors (Lipinski definition) is 0. The van der Waals surface area contributed by atoms with Gasteiger partial charge in [0, 0.05) is 7.05 Å². The summed E-state index contributed by atoms with van der Waals surface area (Å²) in [5.74, 6) is 0.600. The normalized spacial score (nSPS) is 11.6. The molecule has 0 aliphatic rings. The molecule has 0 aliphatic heterocycles. The third-order valence-electron chi connectivity index (χ3n) is 4.32. The van der Waals surface area contributed by atoms with Crippen molar-refractivity contribution in [2.24, 2.45) is 7.05 Å². The molecule has 0 saturated heterocycles. The van der Waals surface area contributed by atoms with Crippen LogP contribution in [0.5, 0.6) is 0 Å². The van der Waals surface area contributed by atoms with Gasteiger partial charge in [-0.15, -0.1) is 15.3 Å². The van der Waals surface area contributed by atoms with E-state index in [-0.39, 0.29) is 18.0 Å². The molecular formula is C17H12N6O4. The lowest BCUT2D eigenvalue weighted by Gasteiger charge is -2.07. The first-order valence-corrected chi connectivity index (χ1v) is 8.07. The minimum Gasteiger partial charge on any atom is -0.459 e. The number of para-hydroxylation sites is 1. The predicted octanol–water partition coefficient (Wildman–Crippen LogP) is 1.04. The molecule has 10 nitrogen and oxygen atoms in total. The molecule has 0 saturated carbocycles. The molecule has 0 atom stereocenters. The van der Waals surface area contributed by atoms with Gasteiger partial charge in [-0.1, -0.05) is 12.1 Å². The summed E-state index contributed by atoms with van der Waals surface area (Å²) in [6, 6.07) is 10.5. The van der Waals surface area contributed by atoms with E-state index in [4.69, 9.17) is 8.83 Å². The number of benzene rings is 1. The zero-order valence-corrected chi connectivity index (χ0v) is 14.1. The molecule has 0 fully saturated rings. The maximum absolute atomic E-state index is 12.5. The minimum atomic E-state index is -0.646. The van der Waals surface area contributed by atoms with E-state index in [9.17, 15) is 9.59 Å². The van der Waals surface area contributed by atoms with E-state index in [1.165, 1.54) is 10.8 Å². The largest absolute Gasteiger partial charge is 0.459 e. The lowest BCUT2D eigenvalue weighted by molar-refractivity contribution is 0.474. The Bertz CT molecular complexity index is 1400. The van der Waals surface area contributed by atoms with Gasteiger partial charge in [0.05, 0.1) is 17.2 Å². The van der Waals surface area contributed by atoms with Gasteiger partial charge < -0.3 is 8.83 Å². The van der Waals surface area contributed by atoms with E-state index >= 15 is 0 Å². The molecule has 10 heteroatoms. The van der Waals surface area contributed by atoms with Crippen LogP contribution in [-0.4, -0.2) is 28.9 Å². The van der Waals surface area contributed by atoms with Gasteiger partial charge in [0.15, 0.2) is 11.6 Å². The molecule has 0 aliphatic carbocycles. The minimum absolute atomic E-state index is 0.0202. The molecule has 27 heavy (non-hydrogen) atoms. The molecule has 5 aromatic rings. The Morgan fingerprint density at radius 1 is 1.07 bits per heavy atom. The Balaban J connectivity index is 1.69. The highest BCUT2D eigenvalue weighted by Crippen LogP contribution is 2.17. The van der Waals surface area contributed by atoms with E-state index in [2.05, 4.69) is 15.3 Å². The van der Waals surface area contributed by atoms with Crippen molar-refractivity contribution >= 4 is 16.7 Å². The Kier molecular flexibility index (Phi) is 3.13. The van der Waals surface area contributed by atoms with Crippen LogP contribution in [0.1, 0.15) is 5.82 Å². The van der Waals surface area contributed by atoms with E-state index in [0.717, 1.165) is 4.68 Å². The molecule has 0 amide bonds. The van der Waals surface area contributed by atoms with Gasteiger partial charge in [-0.25, -0.2) is 4.79 Å². The van der Waals surface area contributed by atoms with E-state index in [0.29, 0.717) is 28.3 Å². The zero-order chi connectivity index (χ0) is 18.5. The van der Waals surface area contributed by atoms with Gasteiger partial charge in [0.25, 0.3) is 11.4 Å². The monoisotopic (exact) mass is 364 g/mol. The molecule has 0 N–H and O–H groups in total. The van der Waals surface area contributed by atoms with Gasteiger partial charge in [-0.05, 0) is 24.3 Å². The first-order chi connectivity index (χ1) is 13.1. The summed E-state index contributed by atoms with van der Waals surface area (Å²) in [5.41, 5.74) is 0.481. The van der Waals surface area contributed by atoms with Crippen LogP contribution in [0, 0.1) is 0 Å². The third kappa shape index (κ3) is 2.23. The van der Waals surface area contributed by atoms with Crippen molar-refractivity contribution < 1.29 is 8.83 Å². The number of nitrogens with zero attached hydrogens (tertiary/aromatic N) is 6. The first kappa shape index (κ1) is 15.3. The lowest BCUT2D eigenvalue weighted by Crippen LogP contribution is -2.22. The Morgan fingerprint density at radius 2 is 1.93 bits per heavy atom. The predicted molar refractivity (Wildman–Crippen MR) is 93.3 cm³/mol. The summed E-state index contributed by atoms with van der Waals surface area (Å²) in [5, 5.41) is 12.9. The molecule has 0 spiro atoms. The van der Waals surface area contributed by atoms with Crippen LogP contribution in [-0.2, 0) is 13.6 Å². The lowest BCUT2D eigenvalue weighted by atomic mass is 10.2. The SMILES string of the molecule is Cn1c(=O)c2ccccc2n2c(Cn3nc(-c4ccco4)oc3=O)nnc12. The standard InChI is InChI=1S/C17H12N6O4/c1-21-15(24)10-5-2-3-6-11(10)23-13(18-19-16(21)23)9-22-17(25)27-14(20-22)12-7-4-8-26-12/h2-8H,9H2,1H3. The summed E-state index contributed by atoms with van der Waals surface area (Å²) in [6.07, 6.45) is 1.47. The van der Waals surface area contributed by atoms with Crippen LogP contribution in [0.2, 0.25) is 0 Å². The van der Waals surface area contributed by atoms with Crippen molar-refractivity contribution in [1.82, 2.24) is 28.9 Å². The fourth-order valence-electron chi connectivity index (χ4n) is 3.03. The fourth-order valence-corrected chi connectivity index (χ4v) is 3.03. The highest BCUT2D eigenvalue weighted by atomic mass is 16.4. The number of fused-ring (bicyclic) bond motifs is 3. The third-order valence-corrected chi connectivity index (χ3v) is 4.32. The van der Waals surface area contributed by atoms with Crippen LogP contribution < -0.4 is 11.3 Å². The summed E-state index contributed by atoms with van der Waals surface area (Å²) in [6.45, 7) is 0.0202. The molecular weight excluding hydrogens is 352 g/mol. The Morgan fingerprint density at radius 3 is 2.74 bits per heavy atom. The van der Waals surface area contributed by atoms with E-state index in [1.807, 2.05) is 6.07 Å². The van der Waals surface area contributed by atoms with Gasteiger partial charge in [0.1, 0.15) is 6.54 Å². The maximum Gasteiger partial charge on any atom is 0.437 e.